The topological polar surface area (TPSA) is 49.4 Å². The van der Waals surface area contributed by atoms with E-state index in [-0.39, 0.29) is 11.7 Å². The van der Waals surface area contributed by atoms with Crippen molar-refractivity contribution in [3.05, 3.63) is 24.3 Å². The molecular weight excluding hydrogens is 296 g/mol. The molecule has 1 aliphatic rings. The number of hydrogen-bond donors (Lipinski definition) is 1. The van der Waals surface area contributed by atoms with Crippen LogP contribution in [0, 0.1) is 5.92 Å². The van der Waals surface area contributed by atoms with Gasteiger partial charge < -0.3 is 4.90 Å². The van der Waals surface area contributed by atoms with Crippen LogP contribution in [0.3, 0.4) is 0 Å². The first-order valence-electron chi connectivity index (χ1n) is 6.92. The molecule has 0 radical (unpaired) electrons. The van der Waals surface area contributed by atoms with Gasteiger partial charge in [0.25, 0.3) is 0 Å². The molecular formula is C14H21ClN2O2S. The Morgan fingerprint density at radius 1 is 1.30 bits per heavy atom. The molecule has 0 aliphatic carbocycles. The maximum absolute atomic E-state index is 12.1. The number of rotatable bonds is 6. The second kappa shape index (κ2) is 6.68. The van der Waals surface area contributed by atoms with Gasteiger partial charge in [-0.1, -0.05) is 19.1 Å². The van der Waals surface area contributed by atoms with Crippen molar-refractivity contribution >= 4 is 33.0 Å². The summed E-state index contributed by atoms with van der Waals surface area (Å²) in [6.07, 6.45) is 2.31. The quantitative estimate of drug-likeness (QED) is 0.821. The van der Waals surface area contributed by atoms with E-state index in [0.717, 1.165) is 31.6 Å². The molecule has 0 aromatic heterocycles. The maximum atomic E-state index is 12.1. The summed E-state index contributed by atoms with van der Waals surface area (Å²) in [6, 6.07) is 7.57. The van der Waals surface area contributed by atoms with E-state index in [1.807, 2.05) is 31.2 Å². The number of sulfonamides is 1. The Labute approximate surface area is 126 Å². The van der Waals surface area contributed by atoms with Crippen LogP contribution in [0.25, 0.3) is 0 Å². The SMILES string of the molecule is CC(CCl)CS(=O)(=O)Nc1ccccc1N1CCCC1. The van der Waals surface area contributed by atoms with Gasteiger partial charge in [-0.3, -0.25) is 4.72 Å². The number of benzene rings is 1. The molecule has 1 aliphatic heterocycles. The molecule has 1 N–H and O–H groups in total. The van der Waals surface area contributed by atoms with Crippen molar-refractivity contribution in [1.82, 2.24) is 0 Å². The third kappa shape index (κ3) is 4.03. The lowest BCUT2D eigenvalue weighted by molar-refractivity contribution is 0.588. The first-order valence-corrected chi connectivity index (χ1v) is 9.11. The Morgan fingerprint density at radius 3 is 2.60 bits per heavy atom. The van der Waals surface area contributed by atoms with Gasteiger partial charge >= 0.3 is 0 Å². The molecule has 1 heterocycles. The van der Waals surface area contributed by atoms with Crippen molar-refractivity contribution in [1.29, 1.82) is 0 Å². The van der Waals surface area contributed by atoms with Crippen LogP contribution in [0.5, 0.6) is 0 Å². The van der Waals surface area contributed by atoms with Crippen LogP contribution in [-0.4, -0.2) is 33.1 Å². The van der Waals surface area contributed by atoms with E-state index in [0.29, 0.717) is 11.6 Å². The van der Waals surface area contributed by atoms with Gasteiger partial charge in [-0.15, -0.1) is 11.6 Å². The number of nitrogens with one attached hydrogen (secondary N) is 1. The standard InChI is InChI=1S/C14H21ClN2O2S/c1-12(10-15)11-20(18,19)16-13-6-2-3-7-14(13)17-8-4-5-9-17/h2-3,6-7,12,16H,4-5,8-11H2,1H3. The molecule has 1 atom stereocenters. The molecule has 1 fully saturated rings. The van der Waals surface area contributed by atoms with Gasteiger partial charge in [0.05, 0.1) is 17.1 Å². The number of nitrogens with zero attached hydrogens (tertiary/aromatic N) is 1. The minimum absolute atomic E-state index is 0.0465. The van der Waals surface area contributed by atoms with Crippen LogP contribution in [0.15, 0.2) is 24.3 Å². The van der Waals surface area contributed by atoms with Gasteiger partial charge in [0.15, 0.2) is 0 Å². The van der Waals surface area contributed by atoms with Crippen LogP contribution >= 0.6 is 11.6 Å². The average molecular weight is 317 g/mol. The Bertz CT molecular complexity index is 542. The molecule has 1 aromatic carbocycles. The van der Waals surface area contributed by atoms with Crippen LogP contribution in [0.2, 0.25) is 0 Å². The van der Waals surface area contributed by atoms with Crippen LogP contribution in [0.4, 0.5) is 11.4 Å². The zero-order chi connectivity index (χ0) is 14.6. The largest absolute Gasteiger partial charge is 0.370 e. The summed E-state index contributed by atoms with van der Waals surface area (Å²) in [5, 5.41) is 0. The summed E-state index contributed by atoms with van der Waals surface area (Å²) in [6.45, 7) is 3.80. The van der Waals surface area contributed by atoms with Crippen molar-refractivity contribution in [2.45, 2.75) is 19.8 Å². The highest BCUT2D eigenvalue weighted by atomic mass is 35.5. The first kappa shape index (κ1) is 15.4. The summed E-state index contributed by atoms with van der Waals surface area (Å²) in [4.78, 5) is 2.23. The third-order valence-electron chi connectivity index (χ3n) is 3.38. The number of anilines is 2. The molecule has 112 valence electrons. The highest BCUT2D eigenvalue weighted by Crippen LogP contribution is 2.29. The van der Waals surface area contributed by atoms with E-state index in [9.17, 15) is 8.42 Å². The lowest BCUT2D eigenvalue weighted by Gasteiger charge is -2.22. The first-order chi connectivity index (χ1) is 9.52. The summed E-state index contributed by atoms with van der Waals surface area (Å²) in [5.41, 5.74) is 1.63. The second-order valence-corrected chi connectivity index (χ2v) is 7.43. The van der Waals surface area contributed by atoms with Crippen LogP contribution < -0.4 is 9.62 Å². The Balaban J connectivity index is 2.16. The fraction of sp³-hybridized carbons (Fsp3) is 0.571. The molecule has 0 amide bonds. The van der Waals surface area contributed by atoms with Crippen molar-refractivity contribution < 1.29 is 8.42 Å². The summed E-state index contributed by atoms with van der Waals surface area (Å²) in [7, 11) is -3.36. The molecule has 0 bridgehead atoms. The molecule has 1 unspecified atom stereocenters. The molecule has 1 aromatic rings. The molecule has 1 saturated heterocycles. The van der Waals surface area contributed by atoms with E-state index >= 15 is 0 Å². The van der Waals surface area contributed by atoms with Crippen LogP contribution in [0.1, 0.15) is 19.8 Å². The minimum atomic E-state index is -3.36. The van der Waals surface area contributed by atoms with E-state index in [1.165, 1.54) is 0 Å². The number of alkyl halides is 1. The highest BCUT2D eigenvalue weighted by Gasteiger charge is 2.20. The van der Waals surface area contributed by atoms with E-state index in [2.05, 4.69) is 9.62 Å². The fourth-order valence-electron chi connectivity index (χ4n) is 2.42. The zero-order valence-electron chi connectivity index (χ0n) is 11.7. The van der Waals surface area contributed by atoms with Crippen molar-refractivity contribution in [2.24, 2.45) is 5.92 Å². The summed E-state index contributed by atoms with van der Waals surface area (Å²) < 4.78 is 27.0. The van der Waals surface area contributed by atoms with E-state index in [4.69, 9.17) is 11.6 Å². The van der Waals surface area contributed by atoms with Gasteiger partial charge in [-0.25, -0.2) is 8.42 Å². The fourth-order valence-corrected chi connectivity index (χ4v) is 4.12. The predicted octanol–water partition coefficient (Wildman–Crippen LogP) is 2.90. The Hall–Kier alpha value is -0.940. The highest BCUT2D eigenvalue weighted by molar-refractivity contribution is 7.92. The Morgan fingerprint density at radius 2 is 1.95 bits per heavy atom. The van der Waals surface area contributed by atoms with E-state index < -0.39 is 10.0 Å². The van der Waals surface area contributed by atoms with Gasteiger partial charge in [-0.05, 0) is 30.9 Å². The van der Waals surface area contributed by atoms with Crippen molar-refractivity contribution in [3.63, 3.8) is 0 Å². The lowest BCUT2D eigenvalue weighted by Crippen LogP contribution is -2.24. The minimum Gasteiger partial charge on any atom is -0.370 e. The zero-order valence-corrected chi connectivity index (χ0v) is 13.3. The summed E-state index contributed by atoms with van der Waals surface area (Å²) in [5.74, 6) is 0.326. The van der Waals surface area contributed by atoms with Gasteiger partial charge in [-0.2, -0.15) is 0 Å². The number of para-hydroxylation sites is 2. The van der Waals surface area contributed by atoms with E-state index in [1.54, 1.807) is 0 Å². The molecule has 6 heteroatoms. The predicted molar refractivity (Wildman–Crippen MR) is 85.2 cm³/mol. The third-order valence-corrected chi connectivity index (χ3v) is 5.45. The average Bonchev–Trinajstić information content (AvgIpc) is 2.92. The van der Waals surface area contributed by atoms with Gasteiger partial charge in [0, 0.05) is 19.0 Å². The smallest absolute Gasteiger partial charge is 0.233 e. The normalized spacial score (nSPS) is 17.2. The van der Waals surface area contributed by atoms with Gasteiger partial charge in [0.1, 0.15) is 0 Å². The molecule has 0 saturated carbocycles. The molecule has 2 rings (SSSR count). The molecule has 20 heavy (non-hydrogen) atoms. The van der Waals surface area contributed by atoms with Crippen molar-refractivity contribution in [2.75, 3.05) is 34.3 Å². The monoisotopic (exact) mass is 316 g/mol. The van der Waals surface area contributed by atoms with Crippen LogP contribution in [-0.2, 0) is 10.0 Å². The molecule has 0 spiro atoms. The lowest BCUT2D eigenvalue weighted by atomic mass is 10.2. The second-order valence-electron chi connectivity index (χ2n) is 5.35. The maximum Gasteiger partial charge on any atom is 0.233 e. The summed E-state index contributed by atoms with van der Waals surface area (Å²) >= 11 is 5.70. The molecule has 4 nitrogen and oxygen atoms in total. The van der Waals surface area contributed by atoms with Crippen molar-refractivity contribution in [3.8, 4) is 0 Å². The number of hydrogen-bond acceptors (Lipinski definition) is 3. The number of halogens is 1. The van der Waals surface area contributed by atoms with Gasteiger partial charge in [0.2, 0.25) is 10.0 Å². The Kier molecular flexibility index (Phi) is 5.16.